The lowest BCUT2D eigenvalue weighted by atomic mass is 9.77. The van der Waals surface area contributed by atoms with Gasteiger partial charge in [-0.1, -0.05) is 18.2 Å². The van der Waals surface area contributed by atoms with E-state index in [0.29, 0.717) is 5.56 Å². The predicted molar refractivity (Wildman–Crippen MR) is 89.6 cm³/mol. The van der Waals surface area contributed by atoms with Gasteiger partial charge in [0.2, 0.25) is 0 Å². The Morgan fingerprint density at radius 2 is 1.68 bits per heavy atom. The Labute approximate surface area is 133 Å². The van der Waals surface area contributed by atoms with Crippen LogP contribution in [-0.2, 0) is 9.31 Å². The molecule has 1 fully saturated rings. The van der Waals surface area contributed by atoms with Gasteiger partial charge in [-0.15, -0.1) is 0 Å². The molecule has 1 aliphatic heterocycles. The van der Waals surface area contributed by atoms with Gasteiger partial charge in [0.05, 0.1) is 11.2 Å². The first-order chi connectivity index (χ1) is 10.1. The Kier molecular flexibility index (Phi) is 4.53. The van der Waals surface area contributed by atoms with Gasteiger partial charge in [-0.05, 0) is 59.7 Å². The summed E-state index contributed by atoms with van der Waals surface area (Å²) in [6, 6.07) is 5.93. The van der Waals surface area contributed by atoms with Crippen molar-refractivity contribution in [3.63, 3.8) is 0 Å². The molecule has 0 amide bonds. The second kappa shape index (κ2) is 5.80. The molecule has 22 heavy (non-hydrogen) atoms. The van der Waals surface area contributed by atoms with Crippen molar-refractivity contribution in [3.05, 3.63) is 29.3 Å². The predicted octanol–water partition coefficient (Wildman–Crippen LogP) is 2.42. The van der Waals surface area contributed by atoms with Crippen LogP contribution >= 0.6 is 0 Å². The molecule has 0 aliphatic carbocycles. The summed E-state index contributed by atoms with van der Waals surface area (Å²) in [5, 5.41) is 0. The maximum absolute atomic E-state index is 11.3. The first kappa shape index (κ1) is 17.2. The fourth-order valence-electron chi connectivity index (χ4n) is 2.47. The molecule has 120 valence electrons. The molecule has 0 saturated carbocycles. The molecule has 2 rings (SSSR count). The highest BCUT2D eigenvalue weighted by atomic mass is 16.7. The summed E-state index contributed by atoms with van der Waals surface area (Å²) in [6.45, 7) is 10.2. The topological polar surface area (TPSA) is 38.8 Å². The molecule has 1 aromatic rings. The van der Waals surface area contributed by atoms with Gasteiger partial charge in [0.1, 0.15) is 6.29 Å². The summed E-state index contributed by atoms with van der Waals surface area (Å²) in [4.78, 5) is 13.4. The quantitative estimate of drug-likeness (QED) is 0.632. The van der Waals surface area contributed by atoms with Crippen molar-refractivity contribution in [2.75, 3.05) is 14.1 Å². The number of benzene rings is 1. The lowest BCUT2D eigenvalue weighted by Crippen LogP contribution is -2.41. The van der Waals surface area contributed by atoms with Gasteiger partial charge in [-0.2, -0.15) is 0 Å². The Balaban J connectivity index is 2.38. The molecule has 4 nitrogen and oxygen atoms in total. The fourth-order valence-corrected chi connectivity index (χ4v) is 2.47. The summed E-state index contributed by atoms with van der Waals surface area (Å²) in [5.74, 6) is 0. The zero-order chi connectivity index (χ0) is 16.7. The molecule has 5 heteroatoms. The van der Waals surface area contributed by atoms with Crippen LogP contribution in [0.5, 0.6) is 0 Å². The first-order valence-electron chi connectivity index (χ1n) is 7.70. The van der Waals surface area contributed by atoms with E-state index in [-0.39, 0.29) is 17.2 Å². The van der Waals surface area contributed by atoms with Crippen molar-refractivity contribution in [2.45, 2.75) is 51.9 Å². The Bertz CT molecular complexity index is 553. The van der Waals surface area contributed by atoms with Crippen LogP contribution in [0.2, 0.25) is 0 Å². The first-order valence-corrected chi connectivity index (χ1v) is 7.70. The summed E-state index contributed by atoms with van der Waals surface area (Å²) in [6.07, 6.45) is 0.906. The maximum atomic E-state index is 11.3. The number of carbonyl (C=O) groups is 1. The van der Waals surface area contributed by atoms with Crippen molar-refractivity contribution in [2.24, 2.45) is 0 Å². The number of carbonyl (C=O) groups excluding carboxylic acids is 1. The van der Waals surface area contributed by atoms with Crippen LogP contribution in [0, 0.1) is 0 Å². The summed E-state index contributed by atoms with van der Waals surface area (Å²) < 4.78 is 12.2. The minimum absolute atomic E-state index is 0.141. The standard InChI is InChI=1S/C17H26BNO3/c1-12(19(6)7)15-10-14(9-8-13(15)11-20)18-21-16(2,3)17(4,5)22-18/h8-12H,1-7H3. The largest absolute Gasteiger partial charge is 0.494 e. The zero-order valence-corrected chi connectivity index (χ0v) is 14.6. The van der Waals surface area contributed by atoms with Crippen LogP contribution in [0.1, 0.15) is 56.6 Å². The van der Waals surface area contributed by atoms with Crippen LogP contribution in [0.3, 0.4) is 0 Å². The maximum Gasteiger partial charge on any atom is 0.494 e. The molecule has 0 aromatic heterocycles. The van der Waals surface area contributed by atoms with E-state index in [0.717, 1.165) is 17.3 Å². The number of nitrogens with zero attached hydrogens (tertiary/aromatic N) is 1. The molecular weight excluding hydrogens is 277 g/mol. The SMILES string of the molecule is CC(c1cc(B2OC(C)(C)C(C)(C)O2)ccc1C=O)N(C)C. The zero-order valence-electron chi connectivity index (χ0n) is 14.6. The highest BCUT2D eigenvalue weighted by Gasteiger charge is 2.51. The smallest absolute Gasteiger partial charge is 0.399 e. The highest BCUT2D eigenvalue weighted by Crippen LogP contribution is 2.36. The molecule has 0 N–H and O–H groups in total. The fraction of sp³-hybridized carbons (Fsp3) is 0.588. The number of rotatable bonds is 4. The lowest BCUT2D eigenvalue weighted by Gasteiger charge is -2.32. The molecule has 1 unspecified atom stereocenters. The van der Waals surface area contributed by atoms with Gasteiger partial charge < -0.3 is 14.2 Å². The van der Waals surface area contributed by atoms with Gasteiger partial charge in [0, 0.05) is 11.6 Å². The van der Waals surface area contributed by atoms with Crippen LogP contribution < -0.4 is 5.46 Å². The number of aldehydes is 1. The highest BCUT2D eigenvalue weighted by molar-refractivity contribution is 6.62. The van der Waals surface area contributed by atoms with Crippen molar-refractivity contribution >= 4 is 18.9 Å². The van der Waals surface area contributed by atoms with Crippen LogP contribution in [0.4, 0.5) is 0 Å². The third-order valence-corrected chi connectivity index (χ3v) is 4.99. The average molecular weight is 303 g/mol. The van der Waals surface area contributed by atoms with Crippen molar-refractivity contribution < 1.29 is 14.1 Å². The molecule has 1 saturated heterocycles. The second-order valence-corrected chi connectivity index (χ2v) is 7.23. The van der Waals surface area contributed by atoms with Crippen molar-refractivity contribution in [1.29, 1.82) is 0 Å². The molecule has 0 radical (unpaired) electrons. The van der Waals surface area contributed by atoms with Crippen LogP contribution in [-0.4, -0.2) is 43.6 Å². The van der Waals surface area contributed by atoms with Gasteiger partial charge in [-0.25, -0.2) is 0 Å². The monoisotopic (exact) mass is 303 g/mol. The Morgan fingerprint density at radius 3 is 2.14 bits per heavy atom. The second-order valence-electron chi connectivity index (χ2n) is 7.23. The third-order valence-electron chi connectivity index (χ3n) is 4.99. The van der Waals surface area contributed by atoms with Crippen molar-refractivity contribution in [3.8, 4) is 0 Å². The molecule has 1 atom stereocenters. The van der Waals surface area contributed by atoms with Crippen molar-refractivity contribution in [1.82, 2.24) is 4.90 Å². The minimum atomic E-state index is -0.404. The van der Waals surface area contributed by atoms with Crippen LogP contribution in [0.15, 0.2) is 18.2 Å². The Hall–Kier alpha value is -1.17. The van der Waals surface area contributed by atoms with E-state index < -0.39 is 7.12 Å². The molecule has 1 aliphatic rings. The van der Waals surface area contributed by atoms with Gasteiger partial charge in [0.25, 0.3) is 0 Å². The molecule has 0 spiro atoms. The molecule has 1 aromatic carbocycles. The Morgan fingerprint density at radius 1 is 1.14 bits per heavy atom. The molecular formula is C17H26BNO3. The molecule has 0 bridgehead atoms. The van der Waals surface area contributed by atoms with E-state index in [1.54, 1.807) is 0 Å². The van der Waals surface area contributed by atoms with Gasteiger partial charge in [0.15, 0.2) is 0 Å². The van der Waals surface area contributed by atoms with Gasteiger partial charge >= 0.3 is 7.12 Å². The van der Waals surface area contributed by atoms with E-state index in [1.165, 1.54) is 0 Å². The minimum Gasteiger partial charge on any atom is -0.399 e. The number of hydrogen-bond donors (Lipinski definition) is 0. The summed E-state index contributed by atoms with van der Waals surface area (Å²) in [5.41, 5.74) is 1.92. The van der Waals surface area contributed by atoms with E-state index in [9.17, 15) is 4.79 Å². The van der Waals surface area contributed by atoms with Gasteiger partial charge in [-0.3, -0.25) is 4.79 Å². The summed E-state index contributed by atoms with van der Waals surface area (Å²) in [7, 11) is 3.60. The third kappa shape index (κ3) is 2.98. The average Bonchev–Trinajstić information content (AvgIpc) is 2.65. The number of hydrogen-bond acceptors (Lipinski definition) is 4. The molecule has 1 heterocycles. The van der Waals surface area contributed by atoms with E-state index >= 15 is 0 Å². The van der Waals surface area contributed by atoms with E-state index in [2.05, 4.69) is 11.8 Å². The van der Waals surface area contributed by atoms with E-state index in [1.807, 2.05) is 60.0 Å². The van der Waals surface area contributed by atoms with E-state index in [4.69, 9.17) is 9.31 Å². The summed E-state index contributed by atoms with van der Waals surface area (Å²) >= 11 is 0. The lowest BCUT2D eigenvalue weighted by molar-refractivity contribution is 0.00578. The van der Waals surface area contributed by atoms with Crippen LogP contribution in [0.25, 0.3) is 0 Å². The normalized spacial score (nSPS) is 21.2.